The highest BCUT2D eigenvalue weighted by Crippen LogP contribution is 2.29. The zero-order chi connectivity index (χ0) is 16.7. The molecule has 2 atom stereocenters. The quantitative estimate of drug-likeness (QED) is 0.770. The molecular weight excluding hydrogens is 338 g/mol. The first-order chi connectivity index (χ1) is 10.8. The maximum atomic E-state index is 13.0. The van der Waals surface area contributed by atoms with Crippen molar-refractivity contribution in [2.75, 3.05) is 37.8 Å². The van der Waals surface area contributed by atoms with Gasteiger partial charge >= 0.3 is 0 Å². The van der Waals surface area contributed by atoms with Gasteiger partial charge in [0.15, 0.2) is 19.7 Å². The van der Waals surface area contributed by atoms with E-state index >= 15 is 0 Å². The minimum absolute atomic E-state index is 0.0945. The average molecular weight is 359 g/mol. The Balaban J connectivity index is 1.95. The molecule has 0 aromatic heterocycles. The molecule has 0 amide bonds. The number of hydrogen-bond acceptors (Lipinski definition) is 6. The summed E-state index contributed by atoms with van der Waals surface area (Å²) in [5.74, 6) is -0.395. The van der Waals surface area contributed by atoms with Crippen LogP contribution in [-0.2, 0) is 24.4 Å². The number of rotatable bonds is 3. The number of ether oxygens (including phenoxy) is 1. The zero-order valence-corrected chi connectivity index (χ0v) is 14.6. The van der Waals surface area contributed by atoms with Gasteiger partial charge in [0.25, 0.3) is 0 Å². The lowest BCUT2D eigenvalue weighted by molar-refractivity contribution is 0.0222. The van der Waals surface area contributed by atoms with Crippen molar-refractivity contribution in [3.8, 4) is 0 Å². The van der Waals surface area contributed by atoms with Crippen LogP contribution in [0.15, 0.2) is 29.2 Å². The van der Waals surface area contributed by atoms with Gasteiger partial charge in [-0.05, 0) is 19.1 Å². The van der Waals surface area contributed by atoms with Gasteiger partial charge in [0.2, 0.25) is 0 Å². The van der Waals surface area contributed by atoms with E-state index < -0.39 is 31.0 Å². The third kappa shape index (κ3) is 3.45. The van der Waals surface area contributed by atoms with Gasteiger partial charge in [-0.1, -0.05) is 17.7 Å². The average Bonchev–Trinajstić information content (AvgIpc) is 2.85. The first kappa shape index (κ1) is 16.9. The minimum atomic E-state index is -3.69. The monoisotopic (exact) mass is 359 g/mol. The van der Waals surface area contributed by atoms with Crippen molar-refractivity contribution in [1.82, 2.24) is 4.90 Å². The molecule has 2 fully saturated rings. The molecule has 6 nitrogen and oxygen atoms in total. The molecule has 2 aliphatic heterocycles. The molecule has 3 rings (SSSR count). The second-order valence-electron chi connectivity index (χ2n) is 6.19. The fourth-order valence-electron chi connectivity index (χ4n) is 3.25. The van der Waals surface area contributed by atoms with Crippen molar-refractivity contribution in [1.29, 1.82) is 0 Å². The lowest BCUT2D eigenvalue weighted by atomic mass is 10.2. The zero-order valence-electron chi connectivity index (χ0n) is 13.0. The summed E-state index contributed by atoms with van der Waals surface area (Å²) in [5, 5.41) is -0.909. The molecule has 0 aliphatic carbocycles. The van der Waals surface area contributed by atoms with Crippen LogP contribution in [0.1, 0.15) is 5.56 Å². The number of nitrogens with zero attached hydrogens (tertiary/aromatic N) is 1. The van der Waals surface area contributed by atoms with Crippen molar-refractivity contribution >= 4 is 19.7 Å². The van der Waals surface area contributed by atoms with Crippen LogP contribution < -0.4 is 0 Å². The summed E-state index contributed by atoms with van der Waals surface area (Å²) < 4.78 is 55.4. The Kier molecular flexibility index (Phi) is 4.52. The maximum Gasteiger partial charge on any atom is 0.183 e. The summed E-state index contributed by atoms with van der Waals surface area (Å²) in [6, 6.07) is 6.10. The first-order valence-corrected chi connectivity index (χ1v) is 11.0. The van der Waals surface area contributed by atoms with Crippen molar-refractivity contribution < 1.29 is 21.6 Å². The van der Waals surface area contributed by atoms with E-state index in [4.69, 9.17) is 4.74 Å². The Morgan fingerprint density at radius 1 is 1.09 bits per heavy atom. The molecule has 128 valence electrons. The smallest absolute Gasteiger partial charge is 0.183 e. The number of benzene rings is 1. The lowest BCUT2D eigenvalue weighted by Crippen LogP contribution is -2.50. The van der Waals surface area contributed by atoms with Crippen LogP contribution in [0.2, 0.25) is 0 Å². The normalized spacial score (nSPS) is 28.7. The molecule has 1 aromatic rings. The largest absolute Gasteiger partial charge is 0.379 e. The van der Waals surface area contributed by atoms with Gasteiger partial charge in [-0.3, -0.25) is 4.90 Å². The molecule has 1 aromatic carbocycles. The second-order valence-corrected chi connectivity index (χ2v) is 10.5. The van der Waals surface area contributed by atoms with E-state index in [-0.39, 0.29) is 16.4 Å². The van der Waals surface area contributed by atoms with Gasteiger partial charge in [-0.15, -0.1) is 0 Å². The fourth-order valence-corrected chi connectivity index (χ4v) is 8.08. The summed E-state index contributed by atoms with van der Waals surface area (Å²) in [5.41, 5.74) is 0.965. The number of hydrogen-bond donors (Lipinski definition) is 0. The van der Waals surface area contributed by atoms with Gasteiger partial charge in [-0.25, -0.2) is 16.8 Å². The summed E-state index contributed by atoms with van der Waals surface area (Å²) in [6.07, 6.45) is 0. The molecule has 0 saturated carbocycles. The van der Waals surface area contributed by atoms with E-state index in [1.807, 2.05) is 11.8 Å². The van der Waals surface area contributed by atoms with E-state index in [0.29, 0.717) is 26.3 Å². The van der Waals surface area contributed by atoms with Crippen molar-refractivity contribution in [2.24, 2.45) is 0 Å². The number of sulfone groups is 2. The SMILES string of the molecule is Cc1ccc(S(=O)(=O)[C@H]2CS(=O)(=O)C[C@H]2N2CCOCC2)cc1. The van der Waals surface area contributed by atoms with Crippen molar-refractivity contribution in [2.45, 2.75) is 23.1 Å². The summed E-state index contributed by atoms with van der Waals surface area (Å²) in [6.45, 7) is 4.04. The van der Waals surface area contributed by atoms with Crippen LogP contribution in [0.25, 0.3) is 0 Å². The predicted octanol–water partition coefficient (Wildman–Crippen LogP) is 0.267. The Morgan fingerprint density at radius 3 is 2.30 bits per heavy atom. The Morgan fingerprint density at radius 2 is 1.70 bits per heavy atom. The van der Waals surface area contributed by atoms with E-state index in [9.17, 15) is 16.8 Å². The van der Waals surface area contributed by atoms with Gasteiger partial charge in [0.1, 0.15) is 0 Å². The lowest BCUT2D eigenvalue weighted by Gasteiger charge is -2.34. The van der Waals surface area contributed by atoms with Crippen molar-refractivity contribution in [3.63, 3.8) is 0 Å². The molecule has 2 saturated heterocycles. The molecule has 2 aliphatic rings. The van der Waals surface area contributed by atoms with Gasteiger partial charge in [0, 0.05) is 19.1 Å². The van der Waals surface area contributed by atoms with Crippen LogP contribution in [0.4, 0.5) is 0 Å². The van der Waals surface area contributed by atoms with Crippen LogP contribution in [0, 0.1) is 6.92 Å². The van der Waals surface area contributed by atoms with Crippen LogP contribution in [-0.4, -0.2) is 70.8 Å². The molecule has 2 heterocycles. The third-order valence-corrected chi connectivity index (χ3v) is 8.67. The first-order valence-electron chi connectivity index (χ1n) is 7.62. The van der Waals surface area contributed by atoms with Crippen LogP contribution >= 0.6 is 0 Å². The summed E-state index contributed by atoms with van der Waals surface area (Å²) in [7, 11) is -7.04. The fraction of sp³-hybridized carbons (Fsp3) is 0.600. The van der Waals surface area contributed by atoms with E-state index in [0.717, 1.165) is 5.56 Å². The van der Waals surface area contributed by atoms with Crippen molar-refractivity contribution in [3.05, 3.63) is 29.8 Å². The second kappa shape index (κ2) is 6.16. The molecule has 0 spiro atoms. The third-order valence-electron chi connectivity index (χ3n) is 4.53. The molecular formula is C15H21NO5S2. The number of aryl methyl sites for hydroxylation is 1. The molecule has 23 heavy (non-hydrogen) atoms. The van der Waals surface area contributed by atoms with Gasteiger partial charge < -0.3 is 4.74 Å². The van der Waals surface area contributed by atoms with Crippen LogP contribution in [0.3, 0.4) is 0 Å². The van der Waals surface area contributed by atoms with Crippen LogP contribution in [0.5, 0.6) is 0 Å². The standard InChI is InChI=1S/C15H21NO5S2/c1-12-2-4-13(5-3-12)23(19,20)15-11-22(17,18)10-14(15)16-6-8-21-9-7-16/h2-5,14-15H,6-11H2,1H3/t14-,15+/m1/s1. The molecule has 0 unspecified atom stereocenters. The molecule has 8 heteroatoms. The Hall–Kier alpha value is -0.960. The highest BCUT2D eigenvalue weighted by atomic mass is 32.2. The number of morpholine rings is 1. The Bertz CT molecular complexity index is 765. The van der Waals surface area contributed by atoms with Gasteiger partial charge in [0.05, 0.1) is 34.9 Å². The predicted molar refractivity (Wildman–Crippen MR) is 87.0 cm³/mol. The molecule has 0 bridgehead atoms. The highest BCUT2D eigenvalue weighted by molar-refractivity contribution is 7.96. The molecule has 0 radical (unpaired) electrons. The Labute approximate surface area is 137 Å². The summed E-state index contributed by atoms with van der Waals surface area (Å²) in [4.78, 5) is 2.15. The summed E-state index contributed by atoms with van der Waals surface area (Å²) >= 11 is 0. The molecule has 0 N–H and O–H groups in total. The van der Waals surface area contributed by atoms with E-state index in [1.54, 1.807) is 24.3 Å². The van der Waals surface area contributed by atoms with E-state index in [1.165, 1.54) is 0 Å². The minimum Gasteiger partial charge on any atom is -0.379 e. The van der Waals surface area contributed by atoms with E-state index in [2.05, 4.69) is 0 Å². The van der Waals surface area contributed by atoms with Gasteiger partial charge in [-0.2, -0.15) is 0 Å². The topological polar surface area (TPSA) is 80.8 Å². The maximum absolute atomic E-state index is 13.0. The highest BCUT2D eigenvalue weighted by Gasteiger charge is 2.48.